The minimum absolute atomic E-state index is 0.110. The van der Waals surface area contributed by atoms with Crippen LogP contribution in [0.4, 0.5) is 4.39 Å². The lowest BCUT2D eigenvalue weighted by molar-refractivity contribution is 0.318. The zero-order valence-corrected chi connectivity index (χ0v) is 11.2. The Morgan fingerprint density at radius 3 is 2.95 bits per heavy atom. The Morgan fingerprint density at radius 1 is 1.50 bits per heavy atom. The first-order valence-corrected chi connectivity index (χ1v) is 6.62. The van der Waals surface area contributed by atoms with Gasteiger partial charge in [0.25, 0.3) is 0 Å². The van der Waals surface area contributed by atoms with Crippen molar-refractivity contribution in [2.75, 3.05) is 0 Å². The molecule has 2 rings (SSSR count). The molecule has 0 radical (unpaired) electrons. The molecule has 8 heteroatoms. The minimum atomic E-state index is -0.461. The molecule has 1 aromatic heterocycles. The van der Waals surface area contributed by atoms with Gasteiger partial charge < -0.3 is 21.2 Å². The molecule has 0 saturated carbocycles. The van der Waals surface area contributed by atoms with E-state index in [4.69, 9.17) is 10.9 Å². The number of thiazole rings is 1. The van der Waals surface area contributed by atoms with Crippen LogP contribution in [0.3, 0.4) is 0 Å². The number of H-pyrrole nitrogens is 1. The molecule has 0 fully saturated rings. The highest BCUT2D eigenvalue weighted by atomic mass is 32.1. The molecular formula is C12H13FN4O2S. The van der Waals surface area contributed by atoms with E-state index in [1.165, 1.54) is 12.1 Å². The van der Waals surface area contributed by atoms with Crippen LogP contribution in [0, 0.1) is 5.82 Å². The third-order valence-electron chi connectivity index (χ3n) is 2.66. The summed E-state index contributed by atoms with van der Waals surface area (Å²) in [6, 6.07) is 4.07. The Balaban J connectivity index is 2.07. The van der Waals surface area contributed by atoms with Crippen molar-refractivity contribution >= 4 is 17.2 Å². The summed E-state index contributed by atoms with van der Waals surface area (Å²) in [6.45, 7) is 0.857. The molecule has 0 aliphatic rings. The van der Waals surface area contributed by atoms with Gasteiger partial charge in [-0.1, -0.05) is 22.6 Å². The van der Waals surface area contributed by atoms with E-state index >= 15 is 0 Å². The maximum absolute atomic E-state index is 13.2. The summed E-state index contributed by atoms with van der Waals surface area (Å²) in [4.78, 5) is 13.5. The molecule has 1 aromatic carbocycles. The quantitative estimate of drug-likeness (QED) is 0.285. The zero-order chi connectivity index (χ0) is 14.5. The Bertz CT molecular complexity index is 680. The summed E-state index contributed by atoms with van der Waals surface area (Å²) < 4.78 is 13.2. The molecule has 106 valence electrons. The highest BCUT2D eigenvalue weighted by molar-refractivity contribution is 7.07. The Hall–Kier alpha value is -2.19. The van der Waals surface area contributed by atoms with E-state index in [2.05, 4.69) is 15.5 Å². The predicted octanol–water partition coefficient (Wildman–Crippen LogP) is 0.960. The van der Waals surface area contributed by atoms with Crippen molar-refractivity contribution in [2.45, 2.75) is 13.1 Å². The topological polar surface area (TPSA) is 104 Å². The summed E-state index contributed by atoms with van der Waals surface area (Å²) in [6.07, 6.45) is 0. The summed E-state index contributed by atoms with van der Waals surface area (Å²) in [7, 11) is 0. The molecule has 6 nitrogen and oxygen atoms in total. The fourth-order valence-corrected chi connectivity index (χ4v) is 2.31. The number of amidine groups is 1. The molecule has 0 unspecified atom stereocenters. The normalized spacial score (nSPS) is 11.8. The zero-order valence-electron chi connectivity index (χ0n) is 10.4. The van der Waals surface area contributed by atoms with Gasteiger partial charge in [-0.25, -0.2) is 4.39 Å². The van der Waals surface area contributed by atoms with Gasteiger partial charge in [-0.05, 0) is 17.7 Å². The maximum Gasteiger partial charge on any atom is 0.304 e. The summed E-state index contributed by atoms with van der Waals surface area (Å²) in [5, 5.41) is 16.4. The summed E-state index contributed by atoms with van der Waals surface area (Å²) in [5.41, 5.74) is 7.31. The van der Waals surface area contributed by atoms with Gasteiger partial charge in [0, 0.05) is 29.7 Å². The molecule has 0 amide bonds. The van der Waals surface area contributed by atoms with Crippen LogP contribution in [0.1, 0.15) is 16.8 Å². The first kappa shape index (κ1) is 14.2. The minimum Gasteiger partial charge on any atom is -0.409 e. The molecule has 0 aliphatic heterocycles. The van der Waals surface area contributed by atoms with Gasteiger partial charge in [0.05, 0.1) is 0 Å². The molecular weight excluding hydrogens is 283 g/mol. The first-order chi connectivity index (χ1) is 9.60. The van der Waals surface area contributed by atoms with E-state index in [0.29, 0.717) is 24.2 Å². The van der Waals surface area contributed by atoms with Crippen LogP contribution in [0.15, 0.2) is 33.5 Å². The fourth-order valence-electron chi connectivity index (χ4n) is 1.73. The van der Waals surface area contributed by atoms with Crippen LogP contribution in [0.2, 0.25) is 0 Å². The predicted molar refractivity (Wildman–Crippen MR) is 74.4 cm³/mol. The lowest BCUT2D eigenvalue weighted by Gasteiger charge is -2.09. The third kappa shape index (κ3) is 3.43. The SMILES string of the molecule is N/C(=N/O)c1cc(F)ccc1CNCc1csc(=O)[nH]1. The van der Waals surface area contributed by atoms with E-state index < -0.39 is 5.82 Å². The lowest BCUT2D eigenvalue weighted by atomic mass is 10.1. The van der Waals surface area contributed by atoms with Crippen LogP contribution in [-0.4, -0.2) is 16.0 Å². The van der Waals surface area contributed by atoms with E-state index in [-0.39, 0.29) is 10.7 Å². The van der Waals surface area contributed by atoms with E-state index in [1.807, 2.05) is 0 Å². The van der Waals surface area contributed by atoms with Crippen LogP contribution in [0.25, 0.3) is 0 Å². The average molecular weight is 296 g/mol. The highest BCUT2D eigenvalue weighted by Crippen LogP contribution is 2.11. The van der Waals surface area contributed by atoms with E-state index in [0.717, 1.165) is 17.0 Å². The highest BCUT2D eigenvalue weighted by Gasteiger charge is 2.08. The first-order valence-electron chi connectivity index (χ1n) is 5.74. The van der Waals surface area contributed by atoms with Gasteiger partial charge >= 0.3 is 4.87 Å². The fraction of sp³-hybridized carbons (Fsp3) is 0.167. The van der Waals surface area contributed by atoms with Gasteiger partial charge in [-0.2, -0.15) is 0 Å². The van der Waals surface area contributed by atoms with Gasteiger partial charge in [-0.15, -0.1) is 0 Å². The number of halogens is 1. The maximum atomic E-state index is 13.2. The number of nitrogens with zero attached hydrogens (tertiary/aromatic N) is 1. The largest absolute Gasteiger partial charge is 0.409 e. The second kappa shape index (κ2) is 6.31. The second-order valence-corrected chi connectivity index (χ2v) is 4.91. The summed E-state index contributed by atoms with van der Waals surface area (Å²) in [5.74, 6) is -0.609. The Labute approximate surface area is 117 Å². The smallest absolute Gasteiger partial charge is 0.304 e. The van der Waals surface area contributed by atoms with Gasteiger partial charge in [-0.3, -0.25) is 4.79 Å². The molecule has 2 aromatic rings. The molecule has 1 heterocycles. The van der Waals surface area contributed by atoms with Crippen LogP contribution in [0.5, 0.6) is 0 Å². The van der Waals surface area contributed by atoms with Crippen molar-refractivity contribution in [2.24, 2.45) is 10.9 Å². The van der Waals surface area contributed by atoms with Crippen LogP contribution < -0.4 is 15.9 Å². The number of nitrogens with one attached hydrogen (secondary N) is 2. The monoisotopic (exact) mass is 296 g/mol. The number of nitrogens with two attached hydrogens (primary N) is 1. The van der Waals surface area contributed by atoms with Crippen LogP contribution >= 0.6 is 11.3 Å². The van der Waals surface area contributed by atoms with E-state index in [1.54, 1.807) is 11.4 Å². The van der Waals surface area contributed by atoms with Crippen LogP contribution in [-0.2, 0) is 13.1 Å². The van der Waals surface area contributed by atoms with Gasteiger partial charge in [0.15, 0.2) is 5.84 Å². The second-order valence-electron chi connectivity index (χ2n) is 4.06. The molecule has 0 saturated heterocycles. The Morgan fingerprint density at radius 2 is 2.30 bits per heavy atom. The van der Waals surface area contributed by atoms with Crippen molar-refractivity contribution in [3.8, 4) is 0 Å². The van der Waals surface area contributed by atoms with Crippen molar-refractivity contribution in [3.05, 3.63) is 55.9 Å². The molecule has 0 aliphatic carbocycles. The number of hydrogen-bond donors (Lipinski definition) is 4. The standard InChI is InChI=1S/C12H13FN4O2S/c13-8-2-1-7(10(3-8)11(14)17-19)4-15-5-9-6-20-12(18)16-9/h1-3,6,15,19H,4-5H2,(H2,14,17)(H,16,18). The molecule has 5 N–H and O–H groups in total. The Kier molecular flexibility index (Phi) is 4.49. The van der Waals surface area contributed by atoms with Crippen molar-refractivity contribution in [3.63, 3.8) is 0 Å². The van der Waals surface area contributed by atoms with Crippen molar-refractivity contribution in [1.29, 1.82) is 0 Å². The molecule has 20 heavy (non-hydrogen) atoms. The number of benzene rings is 1. The number of aromatic amines is 1. The molecule has 0 atom stereocenters. The van der Waals surface area contributed by atoms with E-state index in [9.17, 15) is 9.18 Å². The number of rotatable bonds is 5. The van der Waals surface area contributed by atoms with Crippen molar-refractivity contribution in [1.82, 2.24) is 10.3 Å². The average Bonchev–Trinajstić information content (AvgIpc) is 2.85. The summed E-state index contributed by atoms with van der Waals surface area (Å²) >= 11 is 1.09. The van der Waals surface area contributed by atoms with Crippen molar-refractivity contribution < 1.29 is 9.60 Å². The lowest BCUT2D eigenvalue weighted by Crippen LogP contribution is -2.20. The number of hydrogen-bond acceptors (Lipinski definition) is 5. The molecule has 0 spiro atoms. The number of aromatic nitrogens is 1. The third-order valence-corrected chi connectivity index (χ3v) is 3.38. The molecule has 0 bridgehead atoms. The van der Waals surface area contributed by atoms with Gasteiger partial charge in [0.2, 0.25) is 0 Å². The number of oxime groups is 1. The van der Waals surface area contributed by atoms with Gasteiger partial charge in [0.1, 0.15) is 5.82 Å².